The lowest BCUT2D eigenvalue weighted by molar-refractivity contribution is 0.0615. The highest BCUT2D eigenvalue weighted by Crippen LogP contribution is 2.26. The molecule has 1 saturated heterocycles. The van der Waals surface area contributed by atoms with Gasteiger partial charge in [-0.25, -0.2) is 0 Å². The zero-order valence-corrected chi connectivity index (χ0v) is 22.1. The lowest BCUT2D eigenvalue weighted by atomic mass is 9.99. The number of hydrogen-bond donors (Lipinski definition) is 0. The molecule has 0 N–H and O–H groups in total. The van der Waals surface area contributed by atoms with Crippen molar-refractivity contribution in [1.29, 1.82) is 0 Å². The zero-order chi connectivity index (χ0) is 25.8. The van der Waals surface area contributed by atoms with Gasteiger partial charge in [-0.3, -0.25) is 9.69 Å². The zero-order valence-electron chi connectivity index (χ0n) is 21.3. The van der Waals surface area contributed by atoms with Crippen LogP contribution in [0.1, 0.15) is 45.5 Å². The predicted octanol–water partition coefficient (Wildman–Crippen LogP) is 4.68. The Morgan fingerprint density at radius 3 is 2.32 bits per heavy atom. The molecule has 5 rings (SSSR count). The minimum absolute atomic E-state index is 0.0216. The minimum Gasteiger partial charge on any atom is -0.593 e. The SMILES string of the molecule is CN(C1CCOCC1)[S+](=O)([O-])c1ccc(CC(=O)c2ccc(CN3CCc4ccccc4C3)cc2)cc1. The minimum atomic E-state index is -3.58. The molecule has 2 aliphatic rings. The van der Waals surface area contributed by atoms with Crippen LogP contribution in [0, 0.1) is 0 Å². The molecule has 3 aromatic rings. The smallest absolute Gasteiger partial charge is 0.175 e. The summed E-state index contributed by atoms with van der Waals surface area (Å²) in [7, 11) is -1.95. The first-order valence-electron chi connectivity index (χ1n) is 13.0. The molecule has 1 unspecified atom stereocenters. The molecule has 0 spiro atoms. The number of nitrogens with zero attached hydrogens (tertiary/aromatic N) is 2. The number of carbonyl (C=O) groups excluding carboxylic acids is 1. The maximum Gasteiger partial charge on any atom is 0.175 e. The van der Waals surface area contributed by atoms with Crippen LogP contribution in [0.2, 0.25) is 0 Å². The van der Waals surface area contributed by atoms with E-state index in [1.54, 1.807) is 31.3 Å². The number of ketones is 1. The summed E-state index contributed by atoms with van der Waals surface area (Å²) in [5, 5.41) is 0. The fourth-order valence-corrected chi connectivity index (χ4v) is 6.64. The van der Waals surface area contributed by atoms with Crippen molar-refractivity contribution < 1.29 is 18.3 Å². The number of carbonyl (C=O) groups is 1. The molecule has 194 valence electrons. The Balaban J connectivity index is 1.17. The highest BCUT2D eigenvalue weighted by Gasteiger charge is 2.34. The van der Waals surface area contributed by atoms with Crippen LogP contribution in [0.3, 0.4) is 0 Å². The summed E-state index contributed by atoms with van der Waals surface area (Å²) >= 11 is 0. The molecule has 37 heavy (non-hydrogen) atoms. The van der Waals surface area contributed by atoms with E-state index in [1.165, 1.54) is 21.0 Å². The fourth-order valence-electron chi connectivity index (χ4n) is 5.22. The van der Waals surface area contributed by atoms with Crippen LogP contribution in [-0.4, -0.2) is 52.4 Å². The molecule has 3 aromatic carbocycles. The van der Waals surface area contributed by atoms with E-state index in [2.05, 4.69) is 29.2 Å². The Morgan fingerprint density at radius 1 is 0.973 bits per heavy atom. The summed E-state index contributed by atoms with van der Waals surface area (Å²) in [6.45, 7) is 4.02. The van der Waals surface area contributed by atoms with Gasteiger partial charge in [0.2, 0.25) is 0 Å². The van der Waals surface area contributed by atoms with E-state index in [-0.39, 0.29) is 23.1 Å². The molecule has 0 aliphatic carbocycles. The van der Waals surface area contributed by atoms with Crippen LogP contribution in [0.5, 0.6) is 0 Å². The summed E-state index contributed by atoms with van der Waals surface area (Å²) in [5.74, 6) is 0.0216. The van der Waals surface area contributed by atoms with E-state index in [1.807, 2.05) is 24.3 Å². The summed E-state index contributed by atoms with van der Waals surface area (Å²) in [4.78, 5) is 15.6. The summed E-state index contributed by atoms with van der Waals surface area (Å²) in [6, 6.07) is 23.1. The van der Waals surface area contributed by atoms with Gasteiger partial charge >= 0.3 is 0 Å². The van der Waals surface area contributed by atoms with E-state index in [0.29, 0.717) is 31.6 Å². The quantitative estimate of drug-likeness (QED) is 0.320. The predicted molar refractivity (Wildman–Crippen MR) is 144 cm³/mol. The first-order valence-corrected chi connectivity index (χ1v) is 14.4. The molecule has 2 aliphatic heterocycles. The third kappa shape index (κ3) is 6.08. The number of rotatable bonds is 8. The maximum absolute atomic E-state index is 13.0. The van der Waals surface area contributed by atoms with E-state index in [0.717, 1.165) is 31.6 Å². The van der Waals surface area contributed by atoms with Gasteiger partial charge in [-0.1, -0.05) is 64.9 Å². The number of hydrogen-bond acceptors (Lipinski definition) is 5. The average Bonchev–Trinajstić information content (AvgIpc) is 2.93. The third-order valence-electron chi connectivity index (χ3n) is 7.56. The molecule has 2 heterocycles. The van der Waals surface area contributed by atoms with E-state index in [9.17, 15) is 13.6 Å². The molecule has 0 radical (unpaired) electrons. The molecular weight excluding hydrogens is 484 g/mol. The van der Waals surface area contributed by atoms with Crippen molar-refractivity contribution >= 4 is 16.2 Å². The van der Waals surface area contributed by atoms with Gasteiger partial charge in [0.1, 0.15) is 0 Å². The van der Waals surface area contributed by atoms with Crippen molar-refractivity contribution in [2.24, 2.45) is 0 Å². The van der Waals surface area contributed by atoms with Crippen molar-refractivity contribution in [2.45, 2.75) is 49.7 Å². The fraction of sp³-hybridized carbons (Fsp3) is 0.367. The van der Waals surface area contributed by atoms with Crippen LogP contribution in [-0.2, 0) is 45.3 Å². The van der Waals surface area contributed by atoms with Crippen molar-refractivity contribution in [3.05, 3.63) is 101 Å². The Morgan fingerprint density at radius 2 is 1.62 bits per heavy atom. The van der Waals surface area contributed by atoms with Crippen LogP contribution < -0.4 is 0 Å². The lowest BCUT2D eigenvalue weighted by Crippen LogP contribution is -2.43. The largest absolute Gasteiger partial charge is 0.593 e. The summed E-state index contributed by atoms with van der Waals surface area (Å²) in [6.07, 6.45) is 2.71. The Hall–Kier alpha value is -2.68. The van der Waals surface area contributed by atoms with E-state index in [4.69, 9.17) is 4.74 Å². The van der Waals surface area contributed by atoms with Gasteiger partial charge in [0.15, 0.2) is 21.1 Å². The molecule has 0 saturated carbocycles. The van der Waals surface area contributed by atoms with E-state index >= 15 is 0 Å². The summed E-state index contributed by atoms with van der Waals surface area (Å²) < 4.78 is 32.9. The number of benzene rings is 3. The Bertz CT molecular complexity index is 1270. The van der Waals surface area contributed by atoms with Crippen molar-refractivity contribution in [2.75, 3.05) is 26.8 Å². The third-order valence-corrected chi connectivity index (χ3v) is 9.49. The molecular formula is C30H34N2O4S. The van der Waals surface area contributed by atoms with Gasteiger partial charge in [-0.15, -0.1) is 4.31 Å². The maximum atomic E-state index is 13.0. The first-order chi connectivity index (χ1) is 17.9. The standard InChI is InChI=1S/C30H34N2O4S/c1-31(28-15-18-36-19-16-28)37(34,35)29-12-8-23(9-13-29)20-30(33)26-10-6-24(7-11-26)21-32-17-14-25-4-2-3-5-27(25)22-32/h2-13,28H,14-22H2,1H3. The first kappa shape index (κ1) is 25.9. The highest BCUT2D eigenvalue weighted by atomic mass is 32.3. The molecule has 6 nitrogen and oxygen atoms in total. The van der Waals surface area contributed by atoms with Crippen LogP contribution >= 0.6 is 0 Å². The molecule has 1 fully saturated rings. The molecule has 1 atom stereocenters. The van der Waals surface area contributed by atoms with Gasteiger partial charge in [-0.05, 0) is 53.6 Å². The van der Waals surface area contributed by atoms with Crippen molar-refractivity contribution in [3.63, 3.8) is 0 Å². The van der Waals surface area contributed by atoms with Crippen LogP contribution in [0.4, 0.5) is 0 Å². The van der Waals surface area contributed by atoms with Gasteiger partial charge in [0.25, 0.3) is 0 Å². The molecule has 7 heteroatoms. The van der Waals surface area contributed by atoms with Crippen molar-refractivity contribution in [3.8, 4) is 0 Å². The molecule has 0 amide bonds. The van der Waals surface area contributed by atoms with Gasteiger partial charge in [0.05, 0.1) is 6.04 Å². The monoisotopic (exact) mass is 518 g/mol. The van der Waals surface area contributed by atoms with Gasteiger partial charge in [0, 0.05) is 51.9 Å². The number of Topliss-reactive ketones (excluding diaryl/α,β-unsaturated/α-hetero) is 1. The van der Waals surface area contributed by atoms with Crippen LogP contribution in [0.25, 0.3) is 0 Å². The molecule has 0 bridgehead atoms. The number of sulfonamides is 1. The van der Waals surface area contributed by atoms with Crippen molar-refractivity contribution in [1.82, 2.24) is 9.21 Å². The second kappa shape index (κ2) is 11.4. The summed E-state index contributed by atoms with van der Waals surface area (Å²) in [5.41, 5.74) is 5.50. The lowest BCUT2D eigenvalue weighted by Gasteiger charge is -2.33. The van der Waals surface area contributed by atoms with Gasteiger partial charge in [-0.2, -0.15) is 0 Å². The highest BCUT2D eigenvalue weighted by molar-refractivity contribution is 7.95. The Labute approximate surface area is 220 Å². The second-order valence-electron chi connectivity index (χ2n) is 10.0. The van der Waals surface area contributed by atoms with Gasteiger partial charge < -0.3 is 9.29 Å². The topological polar surface area (TPSA) is 72.9 Å². The Kier molecular flexibility index (Phi) is 7.98. The normalized spacial score (nSPS) is 18.4. The second-order valence-corrected chi connectivity index (χ2v) is 12.0. The van der Waals surface area contributed by atoms with Crippen LogP contribution in [0.15, 0.2) is 77.7 Å². The number of ether oxygens (including phenoxy) is 1. The average molecular weight is 519 g/mol. The number of fused-ring (bicyclic) bond motifs is 1. The van der Waals surface area contributed by atoms with E-state index < -0.39 is 10.4 Å². The molecule has 0 aromatic heterocycles.